The van der Waals surface area contributed by atoms with Crippen LogP contribution >= 0.6 is 0 Å². The lowest BCUT2D eigenvalue weighted by Crippen LogP contribution is -2.64. The van der Waals surface area contributed by atoms with Crippen molar-refractivity contribution < 1.29 is 34.4 Å². The van der Waals surface area contributed by atoms with E-state index in [-0.39, 0.29) is 41.5 Å². The van der Waals surface area contributed by atoms with Gasteiger partial charge in [0.1, 0.15) is 23.4 Å². The number of aliphatic hydroxyl groups is 3. The van der Waals surface area contributed by atoms with Crippen molar-refractivity contribution >= 4 is 11.8 Å². The highest BCUT2D eigenvalue weighted by atomic mass is 16.6. The number of carbonyl (C=O) groups excluding carboxylic acids is 2. The number of allylic oxidation sites excluding steroid dienone is 1. The molecular formula is C28H40O7. The van der Waals surface area contributed by atoms with Crippen LogP contribution in [-0.4, -0.2) is 62.2 Å². The fourth-order valence-electron chi connectivity index (χ4n) is 9.79. The van der Waals surface area contributed by atoms with E-state index in [2.05, 4.69) is 6.92 Å². The lowest BCUT2D eigenvalue weighted by molar-refractivity contribution is -0.219. The van der Waals surface area contributed by atoms with Crippen LogP contribution in [0.25, 0.3) is 0 Å². The number of fused-ring (bicyclic) bond motifs is 4. The summed E-state index contributed by atoms with van der Waals surface area (Å²) in [4.78, 5) is 25.8. The number of cyclic esters (lactones) is 1. The van der Waals surface area contributed by atoms with Crippen LogP contribution in [0.15, 0.2) is 12.2 Å². The van der Waals surface area contributed by atoms with Gasteiger partial charge >= 0.3 is 5.97 Å². The average molecular weight is 489 g/mol. The molecule has 0 bridgehead atoms. The van der Waals surface area contributed by atoms with Crippen molar-refractivity contribution in [1.82, 2.24) is 0 Å². The number of aliphatic hydroxyl groups excluding tert-OH is 1. The van der Waals surface area contributed by atoms with Crippen LogP contribution in [0, 0.1) is 40.4 Å². The first-order valence-corrected chi connectivity index (χ1v) is 13.4. The van der Waals surface area contributed by atoms with Gasteiger partial charge in [0.05, 0.1) is 23.0 Å². The summed E-state index contributed by atoms with van der Waals surface area (Å²) in [5.41, 5.74) is -4.18. The van der Waals surface area contributed by atoms with Gasteiger partial charge in [-0.3, -0.25) is 9.59 Å². The van der Waals surface area contributed by atoms with Crippen LogP contribution in [0.5, 0.6) is 0 Å². The number of hydrogen-bond acceptors (Lipinski definition) is 7. The zero-order chi connectivity index (χ0) is 25.3. The molecule has 1 spiro atoms. The lowest BCUT2D eigenvalue weighted by Gasteiger charge is -2.59. The Morgan fingerprint density at radius 2 is 1.83 bits per heavy atom. The Morgan fingerprint density at radius 3 is 2.51 bits per heavy atom. The van der Waals surface area contributed by atoms with Gasteiger partial charge in [-0.1, -0.05) is 6.92 Å². The number of ether oxygens (including phenoxy) is 2. The molecule has 0 amide bonds. The molecule has 6 rings (SSSR count). The molecule has 7 heteroatoms. The van der Waals surface area contributed by atoms with Crippen LogP contribution in [0.4, 0.5) is 0 Å². The fraction of sp³-hybridized carbons (Fsp3) is 0.857. The van der Waals surface area contributed by atoms with Crippen molar-refractivity contribution in [3.05, 3.63) is 12.2 Å². The molecule has 2 aliphatic heterocycles. The van der Waals surface area contributed by atoms with Gasteiger partial charge in [-0.25, -0.2) is 0 Å². The van der Waals surface area contributed by atoms with Crippen LogP contribution < -0.4 is 0 Å². The maximum absolute atomic E-state index is 13.3. The Labute approximate surface area is 207 Å². The molecule has 4 aliphatic carbocycles. The second kappa shape index (κ2) is 6.97. The Bertz CT molecular complexity index is 1000. The van der Waals surface area contributed by atoms with Gasteiger partial charge < -0.3 is 24.8 Å². The summed E-state index contributed by atoms with van der Waals surface area (Å²) in [5.74, 6) is -0.392. The van der Waals surface area contributed by atoms with Gasteiger partial charge in [0, 0.05) is 6.42 Å². The van der Waals surface area contributed by atoms with Crippen molar-refractivity contribution in [3.8, 4) is 0 Å². The van der Waals surface area contributed by atoms with Gasteiger partial charge in [-0.05, 0) is 101 Å². The van der Waals surface area contributed by atoms with E-state index in [0.29, 0.717) is 5.92 Å². The highest BCUT2D eigenvalue weighted by molar-refractivity contribution is 5.98. The molecule has 194 valence electrons. The topological polar surface area (TPSA) is 117 Å². The molecule has 0 aromatic heterocycles. The largest absolute Gasteiger partial charge is 0.459 e. The number of rotatable bonds is 2. The smallest absolute Gasteiger partial charge is 0.311 e. The van der Waals surface area contributed by atoms with Crippen molar-refractivity contribution in [2.24, 2.45) is 40.4 Å². The van der Waals surface area contributed by atoms with Crippen molar-refractivity contribution in [2.45, 2.75) is 108 Å². The minimum Gasteiger partial charge on any atom is -0.459 e. The molecule has 3 saturated carbocycles. The summed E-state index contributed by atoms with van der Waals surface area (Å²) in [6, 6.07) is 0. The molecule has 0 unspecified atom stereocenters. The van der Waals surface area contributed by atoms with E-state index in [1.807, 2.05) is 6.92 Å². The summed E-state index contributed by atoms with van der Waals surface area (Å²) in [5, 5.41) is 33.6. The van der Waals surface area contributed by atoms with Gasteiger partial charge in [0.2, 0.25) is 0 Å². The van der Waals surface area contributed by atoms with Gasteiger partial charge in [-0.2, -0.15) is 0 Å². The van der Waals surface area contributed by atoms with Crippen LogP contribution in [0.3, 0.4) is 0 Å². The first-order chi connectivity index (χ1) is 16.2. The fourth-order valence-corrected chi connectivity index (χ4v) is 9.79. The summed E-state index contributed by atoms with van der Waals surface area (Å²) in [6.07, 6.45) is 6.01. The highest BCUT2D eigenvalue weighted by Gasteiger charge is 2.80. The minimum atomic E-state index is -1.27. The summed E-state index contributed by atoms with van der Waals surface area (Å²) < 4.78 is 11.9. The summed E-state index contributed by atoms with van der Waals surface area (Å²) >= 11 is 0. The third kappa shape index (κ3) is 2.76. The second-order valence-electron chi connectivity index (χ2n) is 13.5. The third-order valence-corrected chi connectivity index (χ3v) is 12.1. The average Bonchev–Trinajstić information content (AvgIpc) is 3.40. The van der Waals surface area contributed by atoms with Gasteiger partial charge in [0.25, 0.3) is 0 Å². The number of ketones is 1. The molecule has 2 heterocycles. The molecule has 0 aromatic rings. The zero-order valence-electron chi connectivity index (χ0n) is 21.5. The highest BCUT2D eigenvalue weighted by Crippen LogP contribution is 2.73. The van der Waals surface area contributed by atoms with E-state index < -0.39 is 46.3 Å². The number of esters is 1. The van der Waals surface area contributed by atoms with Crippen LogP contribution in [0.1, 0.15) is 73.1 Å². The molecule has 5 fully saturated rings. The minimum absolute atomic E-state index is 0.0654. The number of epoxide rings is 1. The van der Waals surface area contributed by atoms with Crippen molar-refractivity contribution in [3.63, 3.8) is 0 Å². The second-order valence-corrected chi connectivity index (χ2v) is 13.5. The van der Waals surface area contributed by atoms with Crippen LogP contribution in [0.2, 0.25) is 0 Å². The summed E-state index contributed by atoms with van der Waals surface area (Å²) in [7, 11) is 0. The Balaban J connectivity index is 1.30. The first kappa shape index (κ1) is 24.1. The molecule has 7 nitrogen and oxygen atoms in total. The predicted octanol–water partition coefficient (Wildman–Crippen LogP) is 2.55. The maximum Gasteiger partial charge on any atom is 0.311 e. The summed E-state index contributed by atoms with van der Waals surface area (Å²) in [6.45, 7) is 9.38. The van der Waals surface area contributed by atoms with E-state index in [0.717, 1.165) is 32.1 Å². The predicted molar refractivity (Wildman–Crippen MR) is 126 cm³/mol. The monoisotopic (exact) mass is 488 g/mol. The molecule has 13 atom stereocenters. The molecule has 6 aliphatic rings. The molecule has 0 aromatic carbocycles. The standard InChI is InChI=1S/C28H40O7/c1-14-23(31)34-22(13-25(14,3)32)27(5,33)18-7-6-16-15-12-21-28(35-21)20(30)9-8-19(29)26(28,4)17(15)10-11-24(16,18)2/h8-9,14-18,20-22,30,32-33H,6-7,10-13H2,1-5H3/t14-,15-,16-,17-,18-,20-,21+,22+,24-,25+,26-,27+,28+/m0/s1. The third-order valence-electron chi connectivity index (χ3n) is 12.1. The van der Waals surface area contributed by atoms with Gasteiger partial charge in [-0.15, -0.1) is 0 Å². The van der Waals surface area contributed by atoms with E-state index in [1.54, 1.807) is 32.9 Å². The Kier molecular flexibility index (Phi) is 4.80. The molecule has 0 radical (unpaired) electrons. The molecule has 2 saturated heterocycles. The normalized spacial score (nSPS) is 58.4. The Hall–Kier alpha value is -1.28. The van der Waals surface area contributed by atoms with Crippen molar-refractivity contribution in [1.29, 1.82) is 0 Å². The molecule has 35 heavy (non-hydrogen) atoms. The molecular weight excluding hydrogens is 448 g/mol. The Morgan fingerprint density at radius 1 is 1.11 bits per heavy atom. The van der Waals surface area contributed by atoms with E-state index in [4.69, 9.17) is 9.47 Å². The SMILES string of the molecule is C[C@H]1C(=O)O[C@@H]([C@](C)(O)[C@H]2CC[C@H]3[C@@H]4C[C@H]5O[C@]56[C@@H](O)C=CC(=O)[C@]6(C)[C@H]4CC[C@]23C)C[C@@]1(C)O. The van der Waals surface area contributed by atoms with Gasteiger partial charge in [0.15, 0.2) is 5.78 Å². The van der Waals surface area contributed by atoms with E-state index >= 15 is 0 Å². The first-order valence-electron chi connectivity index (χ1n) is 13.4. The number of hydrogen-bond donors (Lipinski definition) is 3. The molecule has 3 N–H and O–H groups in total. The van der Waals surface area contributed by atoms with E-state index in [1.165, 1.54) is 0 Å². The maximum atomic E-state index is 13.3. The van der Waals surface area contributed by atoms with Crippen LogP contribution in [-0.2, 0) is 19.1 Å². The quantitative estimate of drug-likeness (QED) is 0.404. The van der Waals surface area contributed by atoms with Crippen molar-refractivity contribution in [2.75, 3.05) is 0 Å². The lowest BCUT2D eigenvalue weighted by atomic mass is 9.44. The van der Waals surface area contributed by atoms with E-state index in [9.17, 15) is 24.9 Å². The zero-order valence-corrected chi connectivity index (χ0v) is 21.5. The number of carbonyl (C=O) groups is 2.